The number of benzene rings is 1. The lowest BCUT2D eigenvalue weighted by Crippen LogP contribution is -2.55. The van der Waals surface area contributed by atoms with Gasteiger partial charge < -0.3 is 4.90 Å². The summed E-state index contributed by atoms with van der Waals surface area (Å²) >= 11 is 6.14. The average Bonchev–Trinajstić information content (AvgIpc) is 2.92. The summed E-state index contributed by atoms with van der Waals surface area (Å²) in [6, 6.07) is 9.24. The van der Waals surface area contributed by atoms with Gasteiger partial charge in [-0.1, -0.05) is 12.1 Å². The maximum absolute atomic E-state index is 6.14. The zero-order chi connectivity index (χ0) is 14.4. The van der Waals surface area contributed by atoms with Crippen molar-refractivity contribution >= 4 is 28.3 Å². The predicted molar refractivity (Wildman–Crippen MR) is 86.0 cm³/mol. The Bertz CT molecular complexity index is 674. The summed E-state index contributed by atoms with van der Waals surface area (Å²) in [7, 11) is 0. The number of fused-ring (bicyclic) bond motifs is 2. The van der Waals surface area contributed by atoms with Crippen molar-refractivity contribution in [1.82, 2.24) is 14.9 Å². The number of para-hydroxylation sites is 1. The SMILES string of the molecule is CC1CN2CCCC2CN1c1nc(Cl)nc2ccccc12. The van der Waals surface area contributed by atoms with E-state index in [4.69, 9.17) is 11.6 Å². The molecule has 0 N–H and O–H groups in total. The van der Waals surface area contributed by atoms with Gasteiger partial charge in [-0.3, -0.25) is 4.90 Å². The Kier molecular flexibility index (Phi) is 3.23. The number of halogens is 1. The van der Waals surface area contributed by atoms with Gasteiger partial charge in [0.2, 0.25) is 5.28 Å². The van der Waals surface area contributed by atoms with Crippen LogP contribution in [-0.4, -0.2) is 46.6 Å². The second-order valence-corrected chi connectivity index (χ2v) is 6.46. The van der Waals surface area contributed by atoms with Gasteiger partial charge in [0.1, 0.15) is 5.82 Å². The van der Waals surface area contributed by atoms with Gasteiger partial charge in [0.25, 0.3) is 0 Å². The third-order valence-electron chi connectivity index (χ3n) is 4.77. The summed E-state index contributed by atoms with van der Waals surface area (Å²) in [4.78, 5) is 13.9. The second-order valence-electron chi connectivity index (χ2n) is 6.13. The Balaban J connectivity index is 1.78. The summed E-state index contributed by atoms with van der Waals surface area (Å²) in [5.74, 6) is 0.990. The van der Waals surface area contributed by atoms with Crippen LogP contribution in [0.4, 0.5) is 5.82 Å². The Hall–Kier alpha value is -1.39. The van der Waals surface area contributed by atoms with Gasteiger partial charge in [0.15, 0.2) is 0 Å². The number of aromatic nitrogens is 2. The molecule has 110 valence electrons. The Morgan fingerprint density at radius 1 is 1.19 bits per heavy atom. The number of anilines is 1. The molecule has 2 aromatic rings. The fourth-order valence-electron chi connectivity index (χ4n) is 3.73. The van der Waals surface area contributed by atoms with Crippen LogP contribution in [0.2, 0.25) is 5.28 Å². The van der Waals surface area contributed by atoms with E-state index in [9.17, 15) is 0 Å². The molecule has 0 aliphatic carbocycles. The van der Waals surface area contributed by atoms with Crippen LogP contribution in [0.3, 0.4) is 0 Å². The van der Waals surface area contributed by atoms with Crippen molar-refractivity contribution in [2.75, 3.05) is 24.5 Å². The lowest BCUT2D eigenvalue weighted by molar-refractivity contribution is 0.202. The van der Waals surface area contributed by atoms with E-state index in [2.05, 4.69) is 32.8 Å². The van der Waals surface area contributed by atoms with Gasteiger partial charge in [-0.05, 0) is 50.0 Å². The molecule has 21 heavy (non-hydrogen) atoms. The van der Waals surface area contributed by atoms with Crippen LogP contribution in [-0.2, 0) is 0 Å². The van der Waals surface area contributed by atoms with E-state index in [1.165, 1.54) is 19.4 Å². The number of nitrogens with zero attached hydrogens (tertiary/aromatic N) is 4. The highest BCUT2D eigenvalue weighted by Crippen LogP contribution is 2.32. The van der Waals surface area contributed by atoms with E-state index in [0.29, 0.717) is 17.4 Å². The molecule has 2 atom stereocenters. The van der Waals surface area contributed by atoms with Crippen molar-refractivity contribution in [3.63, 3.8) is 0 Å². The molecule has 0 saturated carbocycles. The molecule has 2 fully saturated rings. The van der Waals surface area contributed by atoms with E-state index in [0.717, 1.165) is 29.8 Å². The molecular formula is C16H19ClN4. The second kappa shape index (κ2) is 5.11. The molecule has 0 spiro atoms. The van der Waals surface area contributed by atoms with Crippen LogP contribution in [0.5, 0.6) is 0 Å². The maximum Gasteiger partial charge on any atom is 0.224 e. The predicted octanol–water partition coefficient (Wildman–Crippen LogP) is 2.96. The average molecular weight is 303 g/mol. The highest BCUT2D eigenvalue weighted by atomic mass is 35.5. The molecular weight excluding hydrogens is 284 g/mol. The minimum atomic E-state index is 0.338. The van der Waals surface area contributed by atoms with Gasteiger partial charge in [-0.25, -0.2) is 4.98 Å². The number of hydrogen-bond acceptors (Lipinski definition) is 4. The van der Waals surface area contributed by atoms with Crippen LogP contribution in [0.1, 0.15) is 19.8 Å². The standard InChI is InChI=1S/C16H19ClN4/c1-11-9-20-8-4-5-12(20)10-21(11)15-13-6-2-3-7-14(13)18-16(17)19-15/h2-3,6-7,11-12H,4-5,8-10H2,1H3. The van der Waals surface area contributed by atoms with E-state index in [-0.39, 0.29) is 0 Å². The van der Waals surface area contributed by atoms with Crippen molar-refractivity contribution in [3.8, 4) is 0 Å². The Morgan fingerprint density at radius 2 is 2.05 bits per heavy atom. The molecule has 1 aromatic carbocycles. The summed E-state index contributed by atoms with van der Waals surface area (Å²) < 4.78 is 0. The quantitative estimate of drug-likeness (QED) is 0.758. The molecule has 2 unspecified atom stereocenters. The van der Waals surface area contributed by atoms with E-state index < -0.39 is 0 Å². The zero-order valence-electron chi connectivity index (χ0n) is 12.2. The topological polar surface area (TPSA) is 32.3 Å². The fraction of sp³-hybridized carbons (Fsp3) is 0.500. The summed E-state index contributed by atoms with van der Waals surface area (Å²) in [6.07, 6.45) is 2.61. The van der Waals surface area contributed by atoms with Gasteiger partial charge in [-0.15, -0.1) is 0 Å². The zero-order valence-corrected chi connectivity index (χ0v) is 12.9. The molecule has 0 radical (unpaired) electrons. The maximum atomic E-state index is 6.14. The van der Waals surface area contributed by atoms with Gasteiger partial charge >= 0.3 is 0 Å². The third-order valence-corrected chi connectivity index (χ3v) is 4.93. The molecule has 5 heteroatoms. The third kappa shape index (κ3) is 2.27. The van der Waals surface area contributed by atoms with Crippen LogP contribution in [0, 0.1) is 0 Å². The van der Waals surface area contributed by atoms with Crippen molar-refractivity contribution < 1.29 is 0 Å². The molecule has 4 rings (SSSR count). The lowest BCUT2D eigenvalue weighted by Gasteiger charge is -2.43. The van der Waals surface area contributed by atoms with Crippen LogP contribution in [0.25, 0.3) is 10.9 Å². The molecule has 4 nitrogen and oxygen atoms in total. The largest absolute Gasteiger partial charge is 0.350 e. The van der Waals surface area contributed by atoms with Gasteiger partial charge in [0, 0.05) is 30.6 Å². The first kappa shape index (κ1) is 13.3. The summed E-state index contributed by atoms with van der Waals surface area (Å²) in [6.45, 7) is 5.67. The molecule has 0 amide bonds. The molecule has 2 aliphatic heterocycles. The van der Waals surface area contributed by atoms with Crippen molar-refractivity contribution in [3.05, 3.63) is 29.5 Å². The molecule has 1 aromatic heterocycles. The monoisotopic (exact) mass is 302 g/mol. The first-order chi connectivity index (χ1) is 10.2. The van der Waals surface area contributed by atoms with Crippen molar-refractivity contribution in [1.29, 1.82) is 0 Å². The number of piperazine rings is 1. The van der Waals surface area contributed by atoms with Crippen LogP contribution < -0.4 is 4.90 Å². The van der Waals surface area contributed by atoms with Gasteiger partial charge in [-0.2, -0.15) is 4.98 Å². The molecule has 2 aliphatic rings. The highest BCUT2D eigenvalue weighted by Gasteiger charge is 2.35. The van der Waals surface area contributed by atoms with E-state index in [1.54, 1.807) is 0 Å². The number of rotatable bonds is 1. The molecule has 3 heterocycles. The van der Waals surface area contributed by atoms with Crippen LogP contribution in [0.15, 0.2) is 24.3 Å². The Labute approximate surface area is 129 Å². The van der Waals surface area contributed by atoms with Crippen molar-refractivity contribution in [2.45, 2.75) is 31.8 Å². The minimum Gasteiger partial charge on any atom is -0.350 e. The lowest BCUT2D eigenvalue weighted by atomic mass is 10.1. The molecule has 0 bridgehead atoms. The smallest absolute Gasteiger partial charge is 0.224 e. The highest BCUT2D eigenvalue weighted by molar-refractivity contribution is 6.28. The summed E-state index contributed by atoms with van der Waals surface area (Å²) in [5.41, 5.74) is 0.925. The Morgan fingerprint density at radius 3 is 2.95 bits per heavy atom. The minimum absolute atomic E-state index is 0.338. The van der Waals surface area contributed by atoms with E-state index in [1.807, 2.05) is 18.2 Å². The molecule has 2 saturated heterocycles. The first-order valence-corrected chi connectivity index (χ1v) is 8.03. The van der Waals surface area contributed by atoms with Gasteiger partial charge in [0.05, 0.1) is 5.52 Å². The van der Waals surface area contributed by atoms with Crippen LogP contribution >= 0.6 is 11.6 Å². The number of hydrogen-bond donors (Lipinski definition) is 0. The fourth-order valence-corrected chi connectivity index (χ4v) is 3.90. The normalized spacial score (nSPS) is 26.3. The van der Waals surface area contributed by atoms with Crippen molar-refractivity contribution in [2.24, 2.45) is 0 Å². The van der Waals surface area contributed by atoms with E-state index >= 15 is 0 Å². The first-order valence-electron chi connectivity index (χ1n) is 7.65. The summed E-state index contributed by atoms with van der Waals surface area (Å²) in [5, 5.41) is 1.44.